The van der Waals surface area contributed by atoms with Gasteiger partial charge in [-0.1, -0.05) is 85.6 Å². The second-order valence-electron chi connectivity index (χ2n) is 8.65. The minimum Gasteiger partial charge on any atom is -0.494 e. The first-order valence-electron chi connectivity index (χ1n) is 12.0. The first kappa shape index (κ1) is 28.6. The molecule has 3 rings (SSSR count). The van der Waals surface area contributed by atoms with Crippen molar-refractivity contribution in [2.75, 3.05) is 6.61 Å². The van der Waals surface area contributed by atoms with Crippen LogP contribution in [-0.2, 0) is 6.54 Å². The summed E-state index contributed by atoms with van der Waals surface area (Å²) in [5, 5.41) is 21.4. The summed E-state index contributed by atoms with van der Waals surface area (Å²) in [4.78, 5) is 26.5. The van der Waals surface area contributed by atoms with Gasteiger partial charge in [0.05, 0.1) is 28.8 Å². The van der Waals surface area contributed by atoms with Crippen molar-refractivity contribution >= 4 is 40.6 Å². The summed E-state index contributed by atoms with van der Waals surface area (Å²) in [6, 6.07) is 11.4. The van der Waals surface area contributed by atoms with Gasteiger partial charge in [0, 0.05) is 10.6 Å². The first-order valence-corrected chi connectivity index (χ1v) is 13.1. The zero-order valence-electron chi connectivity index (χ0n) is 20.6. The number of nitriles is 1. The van der Waals surface area contributed by atoms with Crippen molar-refractivity contribution in [3.63, 3.8) is 0 Å². The fourth-order valence-electron chi connectivity index (χ4n) is 4.02. The number of hydrogen-bond donors (Lipinski definition) is 1. The van der Waals surface area contributed by atoms with Gasteiger partial charge in [-0.3, -0.25) is 14.2 Å². The molecule has 0 radical (unpaired) electrons. The van der Waals surface area contributed by atoms with Gasteiger partial charge in [0.1, 0.15) is 11.6 Å². The first-order chi connectivity index (χ1) is 17.7. The Kier molecular flexibility index (Phi) is 10.0. The predicted molar refractivity (Wildman–Crippen MR) is 147 cm³/mol. The predicted octanol–water partition coefficient (Wildman–Crippen LogP) is 7.32. The lowest BCUT2D eigenvalue weighted by Gasteiger charge is -2.17. The Balaban J connectivity index is 1.97. The van der Waals surface area contributed by atoms with Crippen molar-refractivity contribution < 1.29 is 14.6 Å². The van der Waals surface area contributed by atoms with Gasteiger partial charge < -0.3 is 9.84 Å². The normalized spacial score (nSPS) is 10.8. The summed E-state index contributed by atoms with van der Waals surface area (Å²) in [7, 11) is 0. The Bertz CT molecular complexity index is 1390. The van der Waals surface area contributed by atoms with Crippen molar-refractivity contribution in [2.24, 2.45) is 0 Å². The molecular weight excluding hydrogens is 535 g/mol. The van der Waals surface area contributed by atoms with Crippen molar-refractivity contribution in [1.29, 1.82) is 5.26 Å². The number of nitrogens with zero attached hydrogens (tertiary/aromatic N) is 2. The minimum absolute atomic E-state index is 0.0602. The number of halogens is 3. The molecule has 0 aliphatic carbocycles. The van der Waals surface area contributed by atoms with E-state index in [4.69, 9.17) is 39.5 Å². The summed E-state index contributed by atoms with van der Waals surface area (Å²) in [5.74, 6) is -0.946. The Hall–Kier alpha value is -2.98. The van der Waals surface area contributed by atoms with E-state index in [0.29, 0.717) is 17.2 Å². The lowest BCUT2D eigenvalue weighted by atomic mass is 9.97. The zero-order valence-corrected chi connectivity index (χ0v) is 22.9. The molecule has 2 aromatic carbocycles. The molecule has 9 heteroatoms. The van der Waals surface area contributed by atoms with Gasteiger partial charge in [0.25, 0.3) is 5.56 Å². The van der Waals surface area contributed by atoms with Crippen molar-refractivity contribution in [1.82, 2.24) is 4.57 Å². The highest BCUT2D eigenvalue weighted by molar-refractivity contribution is 6.38. The quantitative estimate of drug-likeness (QED) is 0.195. The van der Waals surface area contributed by atoms with E-state index in [-0.39, 0.29) is 44.6 Å². The molecule has 3 aromatic rings. The molecule has 0 unspecified atom stereocenters. The fraction of sp³-hybridized carbons (Fsp3) is 0.321. The van der Waals surface area contributed by atoms with Gasteiger partial charge in [-0.15, -0.1) is 0 Å². The van der Waals surface area contributed by atoms with Gasteiger partial charge >= 0.3 is 0 Å². The number of ketones is 1. The standard InChI is InChI=1S/C28H27Cl3N2O4/c1-3-4-5-6-9-12-37-26-22(30)13-19(14-23(26)31)25(34)24-17(2)20(15-32)27(35)33(28(24)36)16-18-10-7-8-11-21(18)29/h7-8,10-11,13-14,36H,3-6,9,12,16H2,1-2H3. The van der Waals surface area contributed by atoms with Gasteiger partial charge in [0.2, 0.25) is 5.88 Å². The summed E-state index contributed by atoms with van der Waals surface area (Å²) in [6.07, 6.45) is 5.33. The molecule has 0 saturated heterocycles. The number of aromatic hydroxyl groups is 1. The van der Waals surface area contributed by atoms with Crippen LogP contribution in [0, 0.1) is 18.3 Å². The van der Waals surface area contributed by atoms with Crippen LogP contribution in [0.5, 0.6) is 11.6 Å². The van der Waals surface area contributed by atoms with E-state index in [1.54, 1.807) is 24.3 Å². The maximum absolute atomic E-state index is 13.5. The number of aromatic nitrogens is 1. The average Bonchev–Trinajstić information content (AvgIpc) is 2.86. The molecule has 0 aliphatic heterocycles. The summed E-state index contributed by atoms with van der Waals surface area (Å²) < 4.78 is 6.72. The Morgan fingerprint density at radius 3 is 2.32 bits per heavy atom. The van der Waals surface area contributed by atoms with Gasteiger partial charge in [-0.2, -0.15) is 5.26 Å². The number of rotatable bonds is 11. The highest BCUT2D eigenvalue weighted by Crippen LogP contribution is 2.36. The van der Waals surface area contributed by atoms with E-state index in [9.17, 15) is 20.0 Å². The van der Waals surface area contributed by atoms with Crippen molar-refractivity contribution in [3.05, 3.63) is 89.6 Å². The van der Waals surface area contributed by atoms with E-state index in [2.05, 4.69) is 6.92 Å². The van der Waals surface area contributed by atoms with Crippen LogP contribution in [0.2, 0.25) is 15.1 Å². The molecule has 0 saturated carbocycles. The van der Waals surface area contributed by atoms with E-state index in [0.717, 1.165) is 30.3 Å². The molecule has 0 fully saturated rings. The Labute approximate surface area is 231 Å². The van der Waals surface area contributed by atoms with Crippen LogP contribution in [0.1, 0.15) is 71.6 Å². The molecule has 194 valence electrons. The summed E-state index contributed by atoms with van der Waals surface area (Å²) >= 11 is 19.0. The minimum atomic E-state index is -0.729. The van der Waals surface area contributed by atoms with Crippen LogP contribution in [0.25, 0.3) is 0 Å². The molecule has 6 nitrogen and oxygen atoms in total. The van der Waals surface area contributed by atoms with Gasteiger partial charge in [0.15, 0.2) is 11.5 Å². The van der Waals surface area contributed by atoms with Crippen LogP contribution in [0.15, 0.2) is 41.2 Å². The Morgan fingerprint density at radius 2 is 1.70 bits per heavy atom. The SMILES string of the molecule is CCCCCCCOc1c(Cl)cc(C(=O)c2c(C)c(C#N)c(=O)n(Cc3ccccc3Cl)c2O)cc1Cl. The number of hydrogen-bond acceptors (Lipinski definition) is 5. The highest BCUT2D eigenvalue weighted by Gasteiger charge is 2.26. The smallest absolute Gasteiger partial charge is 0.271 e. The second-order valence-corrected chi connectivity index (χ2v) is 9.88. The Morgan fingerprint density at radius 1 is 1.05 bits per heavy atom. The van der Waals surface area contributed by atoms with Crippen LogP contribution in [-0.4, -0.2) is 22.1 Å². The van der Waals surface area contributed by atoms with Crippen molar-refractivity contribution in [2.45, 2.75) is 52.5 Å². The molecule has 37 heavy (non-hydrogen) atoms. The molecule has 0 spiro atoms. The maximum Gasteiger partial charge on any atom is 0.271 e. The molecular formula is C28H27Cl3N2O4. The highest BCUT2D eigenvalue weighted by atomic mass is 35.5. The van der Waals surface area contributed by atoms with Crippen LogP contribution in [0.3, 0.4) is 0 Å². The lowest BCUT2D eigenvalue weighted by molar-refractivity contribution is 0.103. The summed E-state index contributed by atoms with van der Waals surface area (Å²) in [6.45, 7) is 3.89. The number of carbonyl (C=O) groups excluding carboxylic acids is 1. The van der Waals surface area contributed by atoms with Gasteiger partial charge in [-0.25, -0.2) is 0 Å². The second kappa shape index (κ2) is 13.0. The third kappa shape index (κ3) is 6.48. The van der Waals surface area contributed by atoms with E-state index in [1.165, 1.54) is 25.5 Å². The molecule has 1 N–H and O–H groups in total. The molecule has 0 amide bonds. The average molecular weight is 562 g/mol. The number of pyridine rings is 1. The largest absolute Gasteiger partial charge is 0.494 e. The molecule has 1 heterocycles. The molecule has 0 atom stereocenters. The number of ether oxygens (including phenoxy) is 1. The van der Waals surface area contributed by atoms with Gasteiger partial charge in [-0.05, 0) is 42.7 Å². The van der Waals surface area contributed by atoms with Crippen molar-refractivity contribution in [3.8, 4) is 17.7 Å². The number of carbonyl (C=O) groups is 1. The molecule has 1 aromatic heterocycles. The molecule has 0 aliphatic rings. The van der Waals surface area contributed by atoms with Crippen LogP contribution >= 0.6 is 34.8 Å². The third-order valence-corrected chi connectivity index (χ3v) is 7.00. The number of benzene rings is 2. The third-order valence-electron chi connectivity index (χ3n) is 6.07. The topological polar surface area (TPSA) is 92.3 Å². The van der Waals surface area contributed by atoms with E-state index >= 15 is 0 Å². The van der Waals surface area contributed by atoms with E-state index in [1.807, 2.05) is 6.07 Å². The zero-order chi connectivity index (χ0) is 27.1. The van der Waals surface area contributed by atoms with E-state index < -0.39 is 17.2 Å². The van der Waals surface area contributed by atoms with Crippen LogP contribution in [0.4, 0.5) is 0 Å². The van der Waals surface area contributed by atoms with Crippen LogP contribution < -0.4 is 10.3 Å². The molecule has 0 bridgehead atoms. The maximum atomic E-state index is 13.5. The number of unbranched alkanes of at least 4 members (excludes halogenated alkanes) is 4. The monoisotopic (exact) mass is 560 g/mol. The lowest BCUT2D eigenvalue weighted by Crippen LogP contribution is -2.27. The fourth-order valence-corrected chi connectivity index (χ4v) is 4.81. The summed E-state index contributed by atoms with van der Waals surface area (Å²) in [5.41, 5.74) is -0.503.